The number of anilines is 2. The van der Waals surface area contributed by atoms with Crippen LogP contribution in [0.5, 0.6) is 0 Å². The third-order valence-corrected chi connectivity index (χ3v) is 9.94. The van der Waals surface area contributed by atoms with Crippen molar-refractivity contribution in [1.82, 2.24) is 4.90 Å². The van der Waals surface area contributed by atoms with Crippen LogP contribution in [-0.4, -0.2) is 57.4 Å². The summed E-state index contributed by atoms with van der Waals surface area (Å²) in [7, 11) is -7.86. The summed E-state index contributed by atoms with van der Waals surface area (Å²) in [6, 6.07) is 3.99. The maximum absolute atomic E-state index is 13.7. The maximum Gasteiger partial charge on any atom is 0.286 e. The predicted molar refractivity (Wildman–Crippen MR) is 130 cm³/mol. The first kappa shape index (κ1) is 22.8. The lowest BCUT2D eigenvalue weighted by molar-refractivity contribution is -0.133. The second-order valence-corrected chi connectivity index (χ2v) is 13.8. The molecule has 0 radical (unpaired) electrons. The van der Waals surface area contributed by atoms with Crippen LogP contribution in [0.3, 0.4) is 0 Å². The average Bonchev–Trinajstić information content (AvgIpc) is 3.36. The molecule has 3 saturated carbocycles. The molecule has 188 valence electrons. The smallest absolute Gasteiger partial charge is 0.286 e. The van der Waals surface area contributed by atoms with Crippen LogP contribution < -0.4 is 10.0 Å². The van der Waals surface area contributed by atoms with E-state index >= 15 is 0 Å². The lowest BCUT2D eigenvalue weighted by Gasteiger charge is -2.44. The molecule has 3 aliphatic carbocycles. The molecule has 3 fully saturated rings. The topological polar surface area (TPSA) is 145 Å². The summed E-state index contributed by atoms with van der Waals surface area (Å²) in [5, 5.41) is 14.2. The van der Waals surface area contributed by atoms with E-state index in [1.165, 1.54) is 31.0 Å². The van der Waals surface area contributed by atoms with Crippen molar-refractivity contribution in [3.63, 3.8) is 0 Å². The van der Waals surface area contributed by atoms with Crippen LogP contribution in [-0.2, 0) is 24.8 Å². The number of aliphatic hydroxyl groups is 1. The monoisotopic (exact) mass is 520 g/mol. The fraction of sp³-hybridized carbons (Fsp3) is 0.565. The molecule has 1 aromatic carbocycles. The summed E-state index contributed by atoms with van der Waals surface area (Å²) in [5.41, 5.74) is 0.186. The summed E-state index contributed by atoms with van der Waals surface area (Å²) in [5.74, 6) is 0.455. The Labute approximate surface area is 204 Å². The lowest BCUT2D eigenvalue weighted by atomic mass is 9.77. The number of fused-ring (bicyclic) bond motifs is 6. The quantitative estimate of drug-likeness (QED) is 0.522. The highest BCUT2D eigenvalue weighted by Gasteiger charge is 2.57. The minimum absolute atomic E-state index is 0.0403. The highest BCUT2D eigenvalue weighted by atomic mass is 32.2. The molecule has 2 heterocycles. The number of benzene rings is 1. The van der Waals surface area contributed by atoms with Crippen molar-refractivity contribution < 1.29 is 26.7 Å². The number of aliphatic hydroxyl groups excluding tert-OH is 1. The molecule has 2 unspecified atom stereocenters. The summed E-state index contributed by atoms with van der Waals surface area (Å²) in [4.78, 5) is 15.4. The third kappa shape index (κ3) is 3.90. The highest BCUT2D eigenvalue weighted by molar-refractivity contribution is 7.92. The van der Waals surface area contributed by atoms with Crippen LogP contribution in [0.4, 0.5) is 11.4 Å². The molecule has 1 amide bonds. The number of amides is 1. The number of hydrogen-bond acceptors (Lipinski definition) is 7. The van der Waals surface area contributed by atoms with Gasteiger partial charge in [-0.2, -0.15) is 8.42 Å². The molecule has 0 aromatic heterocycles. The molecule has 0 saturated heterocycles. The number of nitrogens with one attached hydrogen (secondary N) is 2. The molecule has 0 spiro atoms. The second kappa shape index (κ2) is 7.70. The molecule has 6 rings (SSSR count). The van der Waals surface area contributed by atoms with Crippen LogP contribution in [0.15, 0.2) is 38.8 Å². The van der Waals surface area contributed by atoms with Crippen LogP contribution in [0.2, 0.25) is 0 Å². The Bertz CT molecular complexity index is 1400. The zero-order chi connectivity index (χ0) is 24.7. The fourth-order valence-electron chi connectivity index (χ4n) is 6.40. The Morgan fingerprint density at radius 1 is 1.20 bits per heavy atom. The van der Waals surface area contributed by atoms with Gasteiger partial charge in [0.1, 0.15) is 16.2 Å². The van der Waals surface area contributed by atoms with E-state index < -0.39 is 20.0 Å². The lowest BCUT2D eigenvalue weighted by Crippen LogP contribution is -2.54. The van der Waals surface area contributed by atoms with Crippen LogP contribution in [0, 0.1) is 23.7 Å². The molecule has 2 bridgehead atoms. The SMILES string of the molecule is CS(=O)(=O)Nc1ccc2c(c1)S(=O)(=O)N=C(C1=C(O)C3C([C@H]4CC[C@@H]3C4)N(CCC3CC3)C1=O)N2. The van der Waals surface area contributed by atoms with Crippen molar-refractivity contribution in [2.24, 2.45) is 28.1 Å². The summed E-state index contributed by atoms with van der Waals surface area (Å²) < 4.78 is 55.4. The number of carbonyl (C=O) groups excluding carboxylic acids is 1. The van der Waals surface area contributed by atoms with E-state index in [0.717, 1.165) is 31.9 Å². The summed E-state index contributed by atoms with van der Waals surface area (Å²) in [6.45, 7) is 0.599. The molecule has 3 N–H and O–H groups in total. The Morgan fingerprint density at radius 3 is 2.66 bits per heavy atom. The number of nitrogens with zero attached hydrogens (tertiary/aromatic N) is 2. The molecule has 4 atom stereocenters. The Kier molecular flexibility index (Phi) is 5.02. The van der Waals surface area contributed by atoms with Crippen molar-refractivity contribution in [2.45, 2.75) is 49.5 Å². The number of sulfonamides is 2. The van der Waals surface area contributed by atoms with Crippen LogP contribution >= 0.6 is 0 Å². The van der Waals surface area contributed by atoms with Crippen LogP contribution in [0.1, 0.15) is 38.5 Å². The van der Waals surface area contributed by atoms with Crippen molar-refractivity contribution in [1.29, 1.82) is 0 Å². The van der Waals surface area contributed by atoms with Gasteiger partial charge in [0.25, 0.3) is 15.9 Å². The molecule has 12 heteroatoms. The largest absolute Gasteiger partial charge is 0.511 e. The van der Waals surface area contributed by atoms with Gasteiger partial charge in [-0.25, -0.2) is 8.42 Å². The minimum Gasteiger partial charge on any atom is -0.511 e. The normalized spacial score (nSPS) is 31.1. The Morgan fingerprint density at radius 2 is 1.94 bits per heavy atom. The molecule has 35 heavy (non-hydrogen) atoms. The zero-order valence-corrected chi connectivity index (χ0v) is 20.9. The predicted octanol–water partition coefficient (Wildman–Crippen LogP) is 2.44. The number of hydrogen-bond donors (Lipinski definition) is 3. The molecular formula is C23H28N4O6S2. The number of rotatable bonds is 6. The van der Waals surface area contributed by atoms with Gasteiger partial charge in [0.05, 0.1) is 11.9 Å². The molecule has 1 aromatic rings. The third-order valence-electron chi connectivity index (χ3n) is 8.02. The Hall–Kier alpha value is -2.60. The first-order valence-electron chi connectivity index (χ1n) is 12.0. The first-order valence-corrected chi connectivity index (χ1v) is 15.3. The zero-order valence-electron chi connectivity index (χ0n) is 19.3. The second-order valence-electron chi connectivity index (χ2n) is 10.5. The van der Waals surface area contributed by atoms with Gasteiger partial charge in [-0.15, -0.1) is 4.40 Å². The molecule has 2 aliphatic heterocycles. The van der Waals surface area contributed by atoms with Gasteiger partial charge in [0.2, 0.25) is 10.0 Å². The van der Waals surface area contributed by atoms with Gasteiger partial charge in [-0.05, 0) is 61.6 Å². The van der Waals surface area contributed by atoms with E-state index in [2.05, 4.69) is 14.4 Å². The van der Waals surface area contributed by atoms with E-state index in [0.29, 0.717) is 18.4 Å². The average molecular weight is 521 g/mol. The number of carbonyl (C=O) groups is 1. The van der Waals surface area contributed by atoms with E-state index in [1.54, 1.807) is 0 Å². The van der Waals surface area contributed by atoms with E-state index in [9.17, 15) is 26.7 Å². The van der Waals surface area contributed by atoms with E-state index in [1.807, 2.05) is 4.90 Å². The standard InChI is InChI=1S/C23H28N4O6S2/c1-34(30,31)25-15-6-7-16-17(11-15)35(32,33)26-22(24-16)19-21(28)18-13-4-5-14(10-13)20(18)27(23(19)29)9-8-12-2-3-12/h6-7,11-14,18,20,25,28H,2-5,8-10H2,1H3,(H,24,26)/t13-,14+,18?,20?/m1/s1. The van der Waals surface area contributed by atoms with Gasteiger partial charge in [0, 0.05) is 24.2 Å². The highest BCUT2D eigenvalue weighted by Crippen LogP contribution is 2.55. The van der Waals surface area contributed by atoms with Crippen molar-refractivity contribution >= 4 is 43.2 Å². The van der Waals surface area contributed by atoms with Crippen molar-refractivity contribution in [3.05, 3.63) is 29.5 Å². The molecular weight excluding hydrogens is 492 g/mol. The fourth-order valence-corrected chi connectivity index (χ4v) is 8.10. The summed E-state index contributed by atoms with van der Waals surface area (Å²) in [6.07, 6.45) is 7.24. The van der Waals surface area contributed by atoms with E-state index in [-0.39, 0.29) is 57.2 Å². The van der Waals surface area contributed by atoms with Gasteiger partial charge in [-0.3, -0.25) is 9.52 Å². The maximum atomic E-state index is 13.7. The van der Waals surface area contributed by atoms with Gasteiger partial charge in [-0.1, -0.05) is 12.8 Å². The molecule has 10 nitrogen and oxygen atoms in total. The van der Waals surface area contributed by atoms with Crippen LogP contribution in [0.25, 0.3) is 0 Å². The molecule has 5 aliphatic rings. The number of amidine groups is 1. The summed E-state index contributed by atoms with van der Waals surface area (Å²) >= 11 is 0. The first-order chi connectivity index (χ1) is 16.5. The van der Waals surface area contributed by atoms with E-state index in [4.69, 9.17) is 0 Å². The van der Waals surface area contributed by atoms with Crippen molar-refractivity contribution in [2.75, 3.05) is 22.8 Å². The van der Waals surface area contributed by atoms with Gasteiger partial charge < -0.3 is 15.3 Å². The minimum atomic E-state index is -4.26. The van der Waals surface area contributed by atoms with Crippen molar-refractivity contribution in [3.8, 4) is 0 Å². The van der Waals surface area contributed by atoms with Gasteiger partial charge >= 0.3 is 0 Å². The van der Waals surface area contributed by atoms with Gasteiger partial charge in [0.15, 0.2) is 5.84 Å². The Balaban J connectivity index is 1.39.